The van der Waals surface area contributed by atoms with Crippen molar-refractivity contribution in [3.8, 4) is 0 Å². The second kappa shape index (κ2) is 2.43. The Morgan fingerprint density at radius 3 is 2.30 bits per heavy atom. The summed E-state index contributed by atoms with van der Waals surface area (Å²) in [4.78, 5) is 0. The standard InChI is InChI=1S/C6H12F2N2/c7-6(8)3-1-2-4(9)5(6)10/h4-5H,1-3,9-10H2/t4-,5+/m0/s1. The molecule has 0 spiro atoms. The van der Waals surface area contributed by atoms with Crippen LogP contribution in [0.3, 0.4) is 0 Å². The molecule has 0 aromatic carbocycles. The van der Waals surface area contributed by atoms with E-state index in [0.717, 1.165) is 0 Å². The van der Waals surface area contributed by atoms with E-state index in [0.29, 0.717) is 12.8 Å². The molecule has 0 aromatic heterocycles. The van der Waals surface area contributed by atoms with Gasteiger partial charge in [-0.2, -0.15) is 0 Å². The van der Waals surface area contributed by atoms with Gasteiger partial charge in [-0.15, -0.1) is 0 Å². The molecule has 1 aliphatic rings. The smallest absolute Gasteiger partial charge is 0.264 e. The van der Waals surface area contributed by atoms with Gasteiger partial charge in [0.1, 0.15) is 0 Å². The van der Waals surface area contributed by atoms with Crippen molar-refractivity contribution in [2.45, 2.75) is 37.3 Å². The first-order chi connectivity index (χ1) is 4.54. The zero-order valence-electron chi connectivity index (χ0n) is 5.69. The normalized spacial score (nSPS) is 39.6. The third kappa shape index (κ3) is 1.27. The van der Waals surface area contributed by atoms with Crippen LogP contribution >= 0.6 is 0 Å². The van der Waals surface area contributed by atoms with Gasteiger partial charge in [0.05, 0.1) is 6.04 Å². The number of alkyl halides is 2. The molecule has 0 bridgehead atoms. The summed E-state index contributed by atoms with van der Waals surface area (Å²) in [5, 5.41) is 0. The molecule has 1 rings (SSSR count). The summed E-state index contributed by atoms with van der Waals surface area (Å²) in [5.41, 5.74) is 10.5. The number of halogens is 2. The molecule has 0 amide bonds. The molecular weight excluding hydrogens is 138 g/mol. The van der Waals surface area contributed by atoms with Crippen LogP contribution in [-0.2, 0) is 0 Å². The van der Waals surface area contributed by atoms with Crippen molar-refractivity contribution in [3.63, 3.8) is 0 Å². The number of nitrogens with two attached hydrogens (primary N) is 2. The monoisotopic (exact) mass is 150 g/mol. The molecule has 10 heavy (non-hydrogen) atoms. The highest BCUT2D eigenvalue weighted by Crippen LogP contribution is 2.31. The highest BCUT2D eigenvalue weighted by molar-refractivity contribution is 4.92. The van der Waals surface area contributed by atoms with Crippen LogP contribution in [-0.4, -0.2) is 18.0 Å². The molecule has 0 saturated heterocycles. The van der Waals surface area contributed by atoms with Crippen LogP contribution in [0.5, 0.6) is 0 Å². The van der Waals surface area contributed by atoms with E-state index in [4.69, 9.17) is 11.5 Å². The molecule has 2 nitrogen and oxygen atoms in total. The lowest BCUT2D eigenvalue weighted by Gasteiger charge is -2.32. The van der Waals surface area contributed by atoms with Crippen molar-refractivity contribution in [2.24, 2.45) is 11.5 Å². The van der Waals surface area contributed by atoms with E-state index < -0.39 is 18.0 Å². The van der Waals surface area contributed by atoms with E-state index in [1.165, 1.54) is 0 Å². The maximum atomic E-state index is 12.6. The van der Waals surface area contributed by atoms with Gasteiger partial charge in [-0.25, -0.2) is 8.78 Å². The Kier molecular flexibility index (Phi) is 1.92. The zero-order chi connectivity index (χ0) is 7.78. The fourth-order valence-corrected chi connectivity index (χ4v) is 1.23. The Bertz CT molecular complexity index is 127. The van der Waals surface area contributed by atoms with Crippen LogP contribution in [0.25, 0.3) is 0 Å². The SMILES string of the molecule is N[C@@H]1[C@@H](N)CCCC1(F)F. The minimum atomic E-state index is -2.74. The van der Waals surface area contributed by atoms with Gasteiger partial charge in [-0.05, 0) is 12.8 Å². The summed E-state index contributed by atoms with van der Waals surface area (Å²) in [5.74, 6) is -2.74. The molecule has 60 valence electrons. The molecule has 0 aromatic rings. The predicted molar refractivity (Wildman–Crippen MR) is 34.7 cm³/mol. The van der Waals surface area contributed by atoms with E-state index in [-0.39, 0.29) is 6.42 Å². The maximum absolute atomic E-state index is 12.6. The molecule has 0 aliphatic heterocycles. The molecule has 4 N–H and O–H groups in total. The summed E-state index contributed by atoms with van der Waals surface area (Å²) in [6.45, 7) is 0. The van der Waals surface area contributed by atoms with Crippen molar-refractivity contribution >= 4 is 0 Å². The lowest BCUT2D eigenvalue weighted by atomic mass is 9.88. The lowest BCUT2D eigenvalue weighted by molar-refractivity contribution is -0.0578. The highest BCUT2D eigenvalue weighted by atomic mass is 19.3. The fourth-order valence-electron chi connectivity index (χ4n) is 1.23. The predicted octanol–water partition coefficient (Wildman–Crippen LogP) is 0.460. The summed E-state index contributed by atoms with van der Waals surface area (Å²) in [6, 6.07) is -1.66. The van der Waals surface area contributed by atoms with Gasteiger partial charge in [0.25, 0.3) is 5.92 Å². The molecular formula is C6H12F2N2. The Morgan fingerprint density at radius 2 is 1.90 bits per heavy atom. The van der Waals surface area contributed by atoms with Crippen LogP contribution in [0, 0.1) is 0 Å². The third-order valence-electron chi connectivity index (χ3n) is 2.00. The third-order valence-corrected chi connectivity index (χ3v) is 2.00. The molecule has 0 heterocycles. The van der Waals surface area contributed by atoms with Crippen LogP contribution in [0.1, 0.15) is 19.3 Å². The van der Waals surface area contributed by atoms with Gasteiger partial charge in [0, 0.05) is 12.5 Å². The molecule has 0 unspecified atom stereocenters. The first-order valence-corrected chi connectivity index (χ1v) is 3.43. The van der Waals surface area contributed by atoms with Crippen LogP contribution in [0.2, 0.25) is 0 Å². The molecule has 1 fully saturated rings. The number of hydrogen-bond donors (Lipinski definition) is 2. The first kappa shape index (κ1) is 7.88. The van der Waals surface area contributed by atoms with Crippen molar-refractivity contribution in [2.75, 3.05) is 0 Å². The summed E-state index contributed by atoms with van der Waals surface area (Å²) in [6.07, 6.45) is 1.00. The average Bonchev–Trinajstić information content (AvgIpc) is 1.83. The molecule has 0 radical (unpaired) electrons. The van der Waals surface area contributed by atoms with Crippen LogP contribution < -0.4 is 11.5 Å². The summed E-state index contributed by atoms with van der Waals surface area (Å²) >= 11 is 0. The Hall–Kier alpha value is -0.220. The molecule has 1 saturated carbocycles. The molecule has 4 heteroatoms. The molecule has 1 aliphatic carbocycles. The van der Waals surface area contributed by atoms with Gasteiger partial charge in [0.2, 0.25) is 0 Å². The van der Waals surface area contributed by atoms with Gasteiger partial charge < -0.3 is 11.5 Å². The van der Waals surface area contributed by atoms with Crippen molar-refractivity contribution in [1.29, 1.82) is 0 Å². The van der Waals surface area contributed by atoms with Gasteiger partial charge >= 0.3 is 0 Å². The number of hydrogen-bond acceptors (Lipinski definition) is 2. The molecule has 2 atom stereocenters. The fraction of sp³-hybridized carbons (Fsp3) is 1.00. The minimum Gasteiger partial charge on any atom is -0.326 e. The van der Waals surface area contributed by atoms with Gasteiger partial charge in [-0.3, -0.25) is 0 Å². The summed E-state index contributed by atoms with van der Waals surface area (Å²) < 4.78 is 25.3. The Labute approximate surface area is 58.6 Å². The van der Waals surface area contributed by atoms with Crippen molar-refractivity contribution in [1.82, 2.24) is 0 Å². The average molecular weight is 150 g/mol. The van der Waals surface area contributed by atoms with Crippen molar-refractivity contribution < 1.29 is 8.78 Å². The van der Waals surface area contributed by atoms with Gasteiger partial charge in [0.15, 0.2) is 0 Å². The van der Waals surface area contributed by atoms with Crippen LogP contribution in [0.4, 0.5) is 8.78 Å². The van der Waals surface area contributed by atoms with Gasteiger partial charge in [-0.1, -0.05) is 0 Å². The maximum Gasteiger partial charge on any atom is 0.264 e. The second-order valence-corrected chi connectivity index (χ2v) is 2.84. The zero-order valence-corrected chi connectivity index (χ0v) is 5.69. The van der Waals surface area contributed by atoms with Crippen LogP contribution in [0.15, 0.2) is 0 Å². The Balaban J connectivity index is 2.60. The minimum absolute atomic E-state index is 0.109. The van der Waals surface area contributed by atoms with E-state index >= 15 is 0 Å². The van der Waals surface area contributed by atoms with E-state index in [2.05, 4.69) is 0 Å². The largest absolute Gasteiger partial charge is 0.326 e. The lowest BCUT2D eigenvalue weighted by Crippen LogP contribution is -2.55. The summed E-state index contributed by atoms with van der Waals surface area (Å²) in [7, 11) is 0. The topological polar surface area (TPSA) is 52.0 Å². The van der Waals surface area contributed by atoms with E-state index in [9.17, 15) is 8.78 Å². The number of rotatable bonds is 0. The highest BCUT2D eigenvalue weighted by Gasteiger charge is 2.43. The quantitative estimate of drug-likeness (QED) is 0.527. The first-order valence-electron chi connectivity index (χ1n) is 3.43. The Morgan fingerprint density at radius 1 is 1.30 bits per heavy atom. The van der Waals surface area contributed by atoms with E-state index in [1.807, 2.05) is 0 Å². The van der Waals surface area contributed by atoms with E-state index in [1.54, 1.807) is 0 Å². The second-order valence-electron chi connectivity index (χ2n) is 2.84. The van der Waals surface area contributed by atoms with Crippen molar-refractivity contribution in [3.05, 3.63) is 0 Å².